The van der Waals surface area contributed by atoms with Crippen LogP contribution in [0.1, 0.15) is 5.56 Å². The molecule has 0 bridgehead atoms. The van der Waals surface area contributed by atoms with Crippen molar-refractivity contribution in [3.8, 4) is 6.07 Å². The topological polar surface area (TPSA) is 39.6 Å². The number of nitriles is 1. The molecule has 0 spiro atoms. The van der Waals surface area contributed by atoms with Crippen molar-refractivity contribution in [1.82, 2.24) is 4.98 Å². The fourth-order valence-corrected chi connectivity index (χ4v) is 1.79. The summed E-state index contributed by atoms with van der Waals surface area (Å²) in [5, 5.41) is 9.79. The van der Waals surface area contributed by atoms with E-state index in [0.717, 1.165) is 14.6 Å². The fraction of sp³-hybridized carbons (Fsp3) is 0. The molecule has 3 heteroatoms. The molecule has 0 atom stereocenters. The molecule has 0 fully saturated rings. The van der Waals surface area contributed by atoms with E-state index in [-0.39, 0.29) is 0 Å². The molecule has 0 saturated heterocycles. The first-order chi connectivity index (χ1) is 5.79. The first-order valence-corrected chi connectivity index (χ1v) is 4.56. The molecule has 1 heterocycles. The number of hydrogen-bond donors (Lipinski definition) is 1. The molecule has 0 unspecified atom stereocenters. The maximum Gasteiger partial charge on any atom is 0.0992 e. The van der Waals surface area contributed by atoms with Crippen molar-refractivity contribution >= 4 is 33.5 Å². The SMILES string of the molecule is N#Cc1ccc2cc(I)[nH]c2c1. The van der Waals surface area contributed by atoms with Gasteiger partial charge in [0.05, 0.1) is 15.3 Å². The molecule has 2 nitrogen and oxygen atoms in total. The zero-order chi connectivity index (χ0) is 8.55. The first kappa shape index (κ1) is 7.62. The summed E-state index contributed by atoms with van der Waals surface area (Å²) in [5.74, 6) is 0. The van der Waals surface area contributed by atoms with Gasteiger partial charge in [0, 0.05) is 10.9 Å². The van der Waals surface area contributed by atoms with E-state index in [2.05, 4.69) is 39.7 Å². The maximum absolute atomic E-state index is 8.64. The molecule has 2 aromatic rings. The normalized spacial score (nSPS) is 10.0. The van der Waals surface area contributed by atoms with Crippen molar-refractivity contribution in [2.75, 3.05) is 0 Å². The summed E-state index contributed by atoms with van der Waals surface area (Å²) >= 11 is 2.22. The Morgan fingerprint density at radius 3 is 2.92 bits per heavy atom. The van der Waals surface area contributed by atoms with Crippen molar-refractivity contribution in [3.05, 3.63) is 33.5 Å². The lowest BCUT2D eigenvalue weighted by Crippen LogP contribution is -1.73. The Hall–Kier alpha value is -1.02. The third-order valence-electron chi connectivity index (χ3n) is 1.72. The van der Waals surface area contributed by atoms with Crippen LogP contribution in [0.25, 0.3) is 10.9 Å². The highest BCUT2D eigenvalue weighted by Crippen LogP contribution is 2.17. The molecule has 0 aliphatic heterocycles. The summed E-state index contributed by atoms with van der Waals surface area (Å²) in [6.07, 6.45) is 0. The summed E-state index contributed by atoms with van der Waals surface area (Å²) < 4.78 is 1.10. The van der Waals surface area contributed by atoms with Crippen LogP contribution in [0, 0.1) is 15.0 Å². The molecule has 1 aromatic carbocycles. The second kappa shape index (κ2) is 2.79. The minimum absolute atomic E-state index is 0.695. The average molecular weight is 268 g/mol. The third-order valence-corrected chi connectivity index (χ3v) is 2.30. The minimum atomic E-state index is 0.695. The molecule has 0 aliphatic carbocycles. The van der Waals surface area contributed by atoms with Gasteiger partial charge in [0.2, 0.25) is 0 Å². The number of benzene rings is 1. The summed E-state index contributed by atoms with van der Waals surface area (Å²) in [7, 11) is 0. The van der Waals surface area contributed by atoms with Gasteiger partial charge in [-0.2, -0.15) is 5.26 Å². The van der Waals surface area contributed by atoms with Crippen LogP contribution in [-0.4, -0.2) is 4.98 Å². The van der Waals surface area contributed by atoms with E-state index >= 15 is 0 Å². The third kappa shape index (κ3) is 1.18. The van der Waals surface area contributed by atoms with Crippen LogP contribution >= 0.6 is 22.6 Å². The smallest absolute Gasteiger partial charge is 0.0992 e. The zero-order valence-corrected chi connectivity index (χ0v) is 8.29. The van der Waals surface area contributed by atoms with Gasteiger partial charge >= 0.3 is 0 Å². The largest absolute Gasteiger partial charge is 0.350 e. The molecule has 0 radical (unpaired) electrons. The molecule has 0 aliphatic rings. The lowest BCUT2D eigenvalue weighted by molar-refractivity contribution is 1.40. The van der Waals surface area contributed by atoms with Gasteiger partial charge in [0.25, 0.3) is 0 Å². The van der Waals surface area contributed by atoms with Gasteiger partial charge in [0.1, 0.15) is 0 Å². The quantitative estimate of drug-likeness (QED) is 0.733. The van der Waals surface area contributed by atoms with Gasteiger partial charge in [-0.25, -0.2) is 0 Å². The van der Waals surface area contributed by atoms with Crippen molar-refractivity contribution in [2.24, 2.45) is 0 Å². The van der Waals surface area contributed by atoms with Gasteiger partial charge in [-0.3, -0.25) is 0 Å². The molecule has 58 valence electrons. The number of fused-ring (bicyclic) bond motifs is 1. The molecular formula is C9H5IN2. The monoisotopic (exact) mass is 268 g/mol. The lowest BCUT2D eigenvalue weighted by Gasteiger charge is -1.88. The Morgan fingerprint density at radius 1 is 1.33 bits per heavy atom. The standard InChI is InChI=1S/C9H5IN2/c10-9-4-7-2-1-6(5-11)3-8(7)12-9/h1-4,12H. The van der Waals surface area contributed by atoms with E-state index in [1.807, 2.05) is 18.2 Å². The van der Waals surface area contributed by atoms with Crippen molar-refractivity contribution < 1.29 is 0 Å². The van der Waals surface area contributed by atoms with Crippen LogP contribution < -0.4 is 0 Å². The van der Waals surface area contributed by atoms with Crippen molar-refractivity contribution in [1.29, 1.82) is 5.26 Å². The number of halogens is 1. The number of hydrogen-bond acceptors (Lipinski definition) is 1. The number of nitrogens with zero attached hydrogens (tertiary/aromatic N) is 1. The van der Waals surface area contributed by atoms with Crippen LogP contribution in [0.5, 0.6) is 0 Å². The summed E-state index contributed by atoms with van der Waals surface area (Å²) in [6.45, 7) is 0. The Morgan fingerprint density at radius 2 is 2.17 bits per heavy atom. The molecule has 2 rings (SSSR count). The number of nitrogens with one attached hydrogen (secondary N) is 1. The Labute approximate surface area is 83.3 Å². The van der Waals surface area contributed by atoms with E-state index in [1.165, 1.54) is 0 Å². The molecule has 12 heavy (non-hydrogen) atoms. The van der Waals surface area contributed by atoms with Gasteiger partial charge in [-0.15, -0.1) is 0 Å². The molecule has 1 aromatic heterocycles. The highest BCUT2D eigenvalue weighted by molar-refractivity contribution is 14.1. The van der Waals surface area contributed by atoms with Crippen LogP contribution in [-0.2, 0) is 0 Å². The number of rotatable bonds is 0. The van der Waals surface area contributed by atoms with E-state index in [9.17, 15) is 0 Å². The van der Waals surface area contributed by atoms with Crippen LogP contribution in [0.15, 0.2) is 24.3 Å². The molecule has 0 amide bonds. The van der Waals surface area contributed by atoms with Crippen LogP contribution in [0.3, 0.4) is 0 Å². The maximum atomic E-state index is 8.64. The Bertz CT molecular complexity index is 465. The highest BCUT2D eigenvalue weighted by Gasteiger charge is 1.98. The van der Waals surface area contributed by atoms with Gasteiger partial charge in [-0.1, -0.05) is 6.07 Å². The average Bonchev–Trinajstić information content (AvgIpc) is 2.43. The van der Waals surface area contributed by atoms with Crippen molar-refractivity contribution in [3.63, 3.8) is 0 Å². The van der Waals surface area contributed by atoms with Crippen LogP contribution in [0.2, 0.25) is 0 Å². The lowest BCUT2D eigenvalue weighted by atomic mass is 10.2. The summed E-state index contributed by atoms with van der Waals surface area (Å²) in [6, 6.07) is 9.79. The summed E-state index contributed by atoms with van der Waals surface area (Å²) in [4.78, 5) is 3.17. The predicted octanol–water partition coefficient (Wildman–Crippen LogP) is 2.64. The predicted molar refractivity (Wildman–Crippen MR) is 55.7 cm³/mol. The van der Waals surface area contributed by atoms with E-state index in [1.54, 1.807) is 0 Å². The fourth-order valence-electron chi connectivity index (χ4n) is 1.16. The van der Waals surface area contributed by atoms with E-state index < -0.39 is 0 Å². The number of aromatic amines is 1. The van der Waals surface area contributed by atoms with E-state index in [0.29, 0.717) is 5.56 Å². The second-order valence-electron chi connectivity index (χ2n) is 2.53. The van der Waals surface area contributed by atoms with Crippen molar-refractivity contribution in [2.45, 2.75) is 0 Å². The zero-order valence-electron chi connectivity index (χ0n) is 6.13. The molecule has 1 N–H and O–H groups in total. The van der Waals surface area contributed by atoms with Gasteiger partial charge < -0.3 is 4.98 Å². The number of H-pyrrole nitrogens is 1. The second-order valence-corrected chi connectivity index (χ2v) is 3.69. The first-order valence-electron chi connectivity index (χ1n) is 3.48. The van der Waals surface area contributed by atoms with Gasteiger partial charge in [-0.05, 0) is 40.8 Å². The Kier molecular flexibility index (Phi) is 1.77. The highest BCUT2D eigenvalue weighted by atomic mass is 127. The Balaban J connectivity index is 2.77. The summed E-state index contributed by atoms with van der Waals surface area (Å²) in [5.41, 5.74) is 1.72. The number of aromatic nitrogens is 1. The van der Waals surface area contributed by atoms with E-state index in [4.69, 9.17) is 5.26 Å². The molecule has 0 saturated carbocycles. The van der Waals surface area contributed by atoms with Crippen LogP contribution in [0.4, 0.5) is 0 Å². The minimum Gasteiger partial charge on any atom is -0.350 e. The van der Waals surface area contributed by atoms with Gasteiger partial charge in [0.15, 0.2) is 0 Å². The molecular weight excluding hydrogens is 263 g/mol.